The second-order valence-corrected chi connectivity index (χ2v) is 5.08. The van der Waals surface area contributed by atoms with Crippen LogP contribution >= 0.6 is 0 Å². The van der Waals surface area contributed by atoms with E-state index < -0.39 is 0 Å². The highest BCUT2D eigenvalue weighted by molar-refractivity contribution is 5.22. The SMILES string of the molecule is CCCNCC(C)(C)COc1ccc(F)cc1. The topological polar surface area (TPSA) is 21.3 Å². The van der Waals surface area contributed by atoms with Crippen LogP contribution in [0.4, 0.5) is 4.39 Å². The first-order valence-corrected chi connectivity index (χ1v) is 6.12. The summed E-state index contributed by atoms with van der Waals surface area (Å²) in [6.07, 6.45) is 1.13. The minimum Gasteiger partial charge on any atom is -0.493 e. The Morgan fingerprint density at radius 3 is 2.47 bits per heavy atom. The Bertz CT molecular complexity index is 321. The predicted octanol–water partition coefficient (Wildman–Crippen LogP) is 3.23. The highest BCUT2D eigenvalue weighted by atomic mass is 19.1. The van der Waals surface area contributed by atoms with E-state index in [4.69, 9.17) is 4.74 Å². The first-order chi connectivity index (χ1) is 8.03. The van der Waals surface area contributed by atoms with Crippen molar-refractivity contribution < 1.29 is 9.13 Å². The zero-order chi connectivity index (χ0) is 12.7. The van der Waals surface area contributed by atoms with Gasteiger partial charge in [-0.3, -0.25) is 0 Å². The van der Waals surface area contributed by atoms with Gasteiger partial charge < -0.3 is 10.1 Å². The molecule has 0 bridgehead atoms. The Balaban J connectivity index is 2.35. The van der Waals surface area contributed by atoms with Crippen molar-refractivity contribution in [1.29, 1.82) is 0 Å². The van der Waals surface area contributed by atoms with Gasteiger partial charge in [0.05, 0.1) is 6.61 Å². The number of rotatable bonds is 7. The molecule has 0 unspecified atom stereocenters. The molecular formula is C14H22FNO. The largest absolute Gasteiger partial charge is 0.493 e. The summed E-state index contributed by atoms with van der Waals surface area (Å²) in [7, 11) is 0. The number of nitrogens with one attached hydrogen (secondary N) is 1. The maximum Gasteiger partial charge on any atom is 0.123 e. The minimum atomic E-state index is -0.235. The fraction of sp³-hybridized carbons (Fsp3) is 0.571. The molecule has 0 spiro atoms. The molecule has 0 radical (unpaired) electrons. The van der Waals surface area contributed by atoms with Crippen molar-refractivity contribution in [3.63, 3.8) is 0 Å². The molecule has 1 aromatic carbocycles. The van der Waals surface area contributed by atoms with E-state index in [1.807, 2.05) is 0 Å². The smallest absolute Gasteiger partial charge is 0.123 e. The Morgan fingerprint density at radius 1 is 1.24 bits per heavy atom. The molecule has 0 fully saturated rings. The van der Waals surface area contributed by atoms with Crippen LogP contribution < -0.4 is 10.1 Å². The highest BCUT2D eigenvalue weighted by Gasteiger charge is 2.18. The molecule has 2 nitrogen and oxygen atoms in total. The van der Waals surface area contributed by atoms with Crippen LogP contribution in [0.1, 0.15) is 27.2 Å². The van der Waals surface area contributed by atoms with Gasteiger partial charge in [0.2, 0.25) is 0 Å². The van der Waals surface area contributed by atoms with E-state index in [0.717, 1.165) is 25.3 Å². The molecular weight excluding hydrogens is 217 g/mol. The van der Waals surface area contributed by atoms with Crippen molar-refractivity contribution in [3.8, 4) is 5.75 Å². The van der Waals surface area contributed by atoms with Crippen molar-refractivity contribution in [2.75, 3.05) is 19.7 Å². The van der Waals surface area contributed by atoms with Gasteiger partial charge >= 0.3 is 0 Å². The van der Waals surface area contributed by atoms with E-state index in [1.165, 1.54) is 12.1 Å². The van der Waals surface area contributed by atoms with Gasteiger partial charge in [0.1, 0.15) is 11.6 Å². The Kier molecular flexibility index (Phi) is 5.42. The maximum absolute atomic E-state index is 12.7. The predicted molar refractivity (Wildman–Crippen MR) is 68.8 cm³/mol. The lowest BCUT2D eigenvalue weighted by Crippen LogP contribution is -2.34. The van der Waals surface area contributed by atoms with Crippen molar-refractivity contribution in [3.05, 3.63) is 30.1 Å². The Hall–Kier alpha value is -1.09. The average Bonchev–Trinajstić information content (AvgIpc) is 2.29. The van der Waals surface area contributed by atoms with Gasteiger partial charge in [-0.15, -0.1) is 0 Å². The number of ether oxygens (including phenoxy) is 1. The van der Waals surface area contributed by atoms with Crippen LogP contribution in [0.5, 0.6) is 5.75 Å². The molecule has 0 aliphatic heterocycles. The van der Waals surface area contributed by atoms with Crippen LogP contribution in [-0.4, -0.2) is 19.7 Å². The number of hydrogen-bond donors (Lipinski definition) is 1. The second-order valence-electron chi connectivity index (χ2n) is 5.08. The van der Waals surface area contributed by atoms with Gasteiger partial charge in [-0.25, -0.2) is 4.39 Å². The quantitative estimate of drug-likeness (QED) is 0.738. The lowest BCUT2D eigenvalue weighted by atomic mass is 9.95. The third kappa shape index (κ3) is 5.68. The lowest BCUT2D eigenvalue weighted by molar-refractivity contribution is 0.176. The third-order valence-electron chi connectivity index (χ3n) is 2.47. The monoisotopic (exact) mass is 239 g/mol. The summed E-state index contributed by atoms with van der Waals surface area (Å²) in [5.41, 5.74) is 0.0730. The molecule has 1 rings (SSSR count). The summed E-state index contributed by atoms with van der Waals surface area (Å²) in [4.78, 5) is 0. The van der Waals surface area contributed by atoms with Crippen LogP contribution in [0.15, 0.2) is 24.3 Å². The van der Waals surface area contributed by atoms with Crippen LogP contribution in [0.25, 0.3) is 0 Å². The fourth-order valence-electron chi connectivity index (χ4n) is 1.46. The van der Waals surface area contributed by atoms with Crippen LogP contribution in [0.2, 0.25) is 0 Å². The van der Waals surface area contributed by atoms with Crippen LogP contribution in [0.3, 0.4) is 0 Å². The molecule has 0 aromatic heterocycles. The zero-order valence-electron chi connectivity index (χ0n) is 10.9. The van der Waals surface area contributed by atoms with Crippen molar-refractivity contribution in [2.24, 2.45) is 5.41 Å². The van der Waals surface area contributed by atoms with Gasteiger partial charge in [0.25, 0.3) is 0 Å². The van der Waals surface area contributed by atoms with E-state index in [1.54, 1.807) is 12.1 Å². The first kappa shape index (κ1) is 14.0. The normalized spacial score (nSPS) is 11.5. The number of hydrogen-bond acceptors (Lipinski definition) is 2. The molecule has 1 N–H and O–H groups in total. The van der Waals surface area contributed by atoms with Crippen LogP contribution in [-0.2, 0) is 0 Å². The minimum absolute atomic E-state index is 0.0730. The van der Waals surface area contributed by atoms with Gasteiger partial charge in [-0.05, 0) is 37.2 Å². The van der Waals surface area contributed by atoms with Crippen molar-refractivity contribution in [2.45, 2.75) is 27.2 Å². The standard InChI is InChI=1S/C14H22FNO/c1-4-9-16-10-14(2,3)11-17-13-7-5-12(15)6-8-13/h5-8,16H,4,9-11H2,1-3H3. The molecule has 0 saturated carbocycles. The zero-order valence-corrected chi connectivity index (χ0v) is 10.9. The molecule has 0 aliphatic rings. The van der Waals surface area contributed by atoms with Crippen molar-refractivity contribution in [1.82, 2.24) is 5.32 Å². The third-order valence-corrected chi connectivity index (χ3v) is 2.47. The van der Waals surface area contributed by atoms with E-state index in [0.29, 0.717) is 6.61 Å². The highest BCUT2D eigenvalue weighted by Crippen LogP contribution is 2.18. The Morgan fingerprint density at radius 2 is 1.88 bits per heavy atom. The van der Waals surface area contributed by atoms with Gasteiger partial charge in [0.15, 0.2) is 0 Å². The Labute approximate surface area is 103 Å². The van der Waals surface area contributed by atoms with Gasteiger partial charge in [0, 0.05) is 12.0 Å². The molecule has 0 heterocycles. The molecule has 0 atom stereocenters. The fourth-order valence-corrected chi connectivity index (χ4v) is 1.46. The summed E-state index contributed by atoms with van der Waals surface area (Å²) < 4.78 is 18.4. The number of halogens is 1. The van der Waals surface area contributed by atoms with E-state index >= 15 is 0 Å². The molecule has 0 amide bonds. The molecule has 0 aliphatic carbocycles. The average molecular weight is 239 g/mol. The summed E-state index contributed by atoms with van der Waals surface area (Å²) in [6.45, 7) is 9.02. The molecule has 96 valence electrons. The summed E-state index contributed by atoms with van der Waals surface area (Å²) >= 11 is 0. The van der Waals surface area contributed by atoms with Crippen molar-refractivity contribution >= 4 is 0 Å². The summed E-state index contributed by atoms with van der Waals surface area (Å²) in [6, 6.07) is 6.14. The van der Waals surface area contributed by atoms with E-state index in [2.05, 4.69) is 26.1 Å². The summed E-state index contributed by atoms with van der Waals surface area (Å²) in [5, 5.41) is 3.38. The van der Waals surface area contributed by atoms with Crippen LogP contribution in [0, 0.1) is 11.2 Å². The molecule has 17 heavy (non-hydrogen) atoms. The van der Waals surface area contributed by atoms with E-state index in [-0.39, 0.29) is 11.2 Å². The molecule has 1 aromatic rings. The molecule has 3 heteroatoms. The lowest BCUT2D eigenvalue weighted by Gasteiger charge is -2.25. The maximum atomic E-state index is 12.7. The first-order valence-electron chi connectivity index (χ1n) is 6.12. The van der Waals surface area contributed by atoms with Gasteiger partial charge in [-0.2, -0.15) is 0 Å². The summed E-state index contributed by atoms with van der Waals surface area (Å²) in [5.74, 6) is 0.483. The van der Waals surface area contributed by atoms with Gasteiger partial charge in [-0.1, -0.05) is 20.8 Å². The van der Waals surface area contributed by atoms with E-state index in [9.17, 15) is 4.39 Å². The molecule has 0 saturated heterocycles. The second kappa shape index (κ2) is 6.60. The number of benzene rings is 1.